The largest absolute Gasteiger partial charge is 0.495 e. The molecule has 0 saturated carbocycles. The predicted molar refractivity (Wildman–Crippen MR) is 74.0 cm³/mol. The van der Waals surface area contributed by atoms with Crippen LogP contribution in [0, 0.1) is 5.41 Å². The molecule has 0 aliphatic heterocycles. The first-order valence-corrected chi connectivity index (χ1v) is 7.64. The van der Waals surface area contributed by atoms with Crippen LogP contribution in [0.2, 0.25) is 0 Å². The van der Waals surface area contributed by atoms with Gasteiger partial charge in [-0.1, -0.05) is 20.8 Å². The molecule has 1 N–H and O–H groups in total. The van der Waals surface area contributed by atoms with Gasteiger partial charge in [-0.25, -0.2) is 8.42 Å². The summed E-state index contributed by atoms with van der Waals surface area (Å²) in [6.45, 7) is 7.15. The van der Waals surface area contributed by atoms with E-state index >= 15 is 0 Å². The lowest BCUT2D eigenvalue weighted by molar-refractivity contribution is 0.411. The van der Waals surface area contributed by atoms with E-state index in [0.29, 0.717) is 5.75 Å². The van der Waals surface area contributed by atoms with Gasteiger partial charge in [0.05, 0.1) is 17.7 Å². The van der Waals surface area contributed by atoms with E-state index in [2.05, 4.69) is 26.1 Å². The Morgan fingerprint density at radius 3 is 2.33 bits per heavy atom. The highest BCUT2D eigenvalue weighted by Gasteiger charge is 2.14. The third-order valence-corrected chi connectivity index (χ3v) is 3.52. The second-order valence-corrected chi connectivity index (χ2v) is 7.56. The molecule has 5 heteroatoms. The van der Waals surface area contributed by atoms with E-state index in [9.17, 15) is 8.42 Å². The molecule has 102 valence electrons. The number of ether oxygens (including phenoxy) is 1. The van der Waals surface area contributed by atoms with Gasteiger partial charge in [-0.2, -0.15) is 0 Å². The van der Waals surface area contributed by atoms with Crippen molar-refractivity contribution in [2.45, 2.75) is 25.7 Å². The lowest BCUT2D eigenvalue weighted by Gasteiger charge is -2.21. The number of benzene rings is 1. The maximum Gasteiger partial charge on any atom is 0.175 e. The standard InChI is InChI=1S/C13H21NO3S/c1-13(2,3)9-14-11-7-6-10(18(5,15)16)8-12(11)17-4/h6-8,14H,9H2,1-5H3. The first kappa shape index (κ1) is 14.8. The summed E-state index contributed by atoms with van der Waals surface area (Å²) in [5, 5.41) is 3.26. The van der Waals surface area contributed by atoms with Gasteiger partial charge < -0.3 is 10.1 Å². The fourth-order valence-corrected chi connectivity index (χ4v) is 2.04. The number of methoxy groups -OCH3 is 1. The highest BCUT2D eigenvalue weighted by molar-refractivity contribution is 7.90. The highest BCUT2D eigenvalue weighted by atomic mass is 32.2. The predicted octanol–water partition coefficient (Wildman–Crippen LogP) is 2.56. The topological polar surface area (TPSA) is 55.4 Å². The minimum atomic E-state index is -3.20. The van der Waals surface area contributed by atoms with Crippen molar-refractivity contribution in [3.05, 3.63) is 18.2 Å². The maximum atomic E-state index is 11.5. The molecule has 0 atom stereocenters. The summed E-state index contributed by atoms with van der Waals surface area (Å²) >= 11 is 0. The van der Waals surface area contributed by atoms with Gasteiger partial charge in [-0.3, -0.25) is 0 Å². The lowest BCUT2D eigenvalue weighted by Crippen LogP contribution is -2.19. The van der Waals surface area contributed by atoms with Crippen molar-refractivity contribution in [2.24, 2.45) is 5.41 Å². The summed E-state index contributed by atoms with van der Waals surface area (Å²) < 4.78 is 28.1. The van der Waals surface area contributed by atoms with E-state index in [0.717, 1.165) is 12.2 Å². The Morgan fingerprint density at radius 1 is 1.28 bits per heavy atom. The van der Waals surface area contributed by atoms with Crippen LogP contribution in [-0.2, 0) is 9.84 Å². The minimum absolute atomic E-state index is 0.139. The Labute approximate surface area is 109 Å². The molecule has 1 rings (SSSR count). The van der Waals surface area contributed by atoms with E-state index in [1.807, 2.05) is 0 Å². The van der Waals surface area contributed by atoms with Crippen LogP contribution < -0.4 is 10.1 Å². The second kappa shape index (κ2) is 5.18. The van der Waals surface area contributed by atoms with E-state index in [1.54, 1.807) is 18.2 Å². The zero-order chi connectivity index (χ0) is 14.0. The van der Waals surface area contributed by atoms with Crippen LogP contribution in [0.15, 0.2) is 23.1 Å². The van der Waals surface area contributed by atoms with Crippen LogP contribution in [0.1, 0.15) is 20.8 Å². The molecule has 4 nitrogen and oxygen atoms in total. The van der Waals surface area contributed by atoms with Crippen molar-refractivity contribution in [1.82, 2.24) is 0 Å². The Morgan fingerprint density at radius 2 is 1.89 bits per heavy atom. The van der Waals surface area contributed by atoms with Gasteiger partial charge in [0.15, 0.2) is 9.84 Å². The summed E-state index contributed by atoms with van der Waals surface area (Å²) in [6, 6.07) is 4.87. The summed E-state index contributed by atoms with van der Waals surface area (Å²) in [5.41, 5.74) is 0.945. The van der Waals surface area contributed by atoms with Gasteiger partial charge in [-0.15, -0.1) is 0 Å². The van der Waals surface area contributed by atoms with Crippen molar-refractivity contribution < 1.29 is 13.2 Å². The summed E-state index contributed by atoms with van der Waals surface area (Å²) in [5.74, 6) is 0.544. The zero-order valence-electron chi connectivity index (χ0n) is 11.6. The van der Waals surface area contributed by atoms with Gasteiger partial charge >= 0.3 is 0 Å². The smallest absolute Gasteiger partial charge is 0.175 e. The van der Waals surface area contributed by atoms with Crippen molar-refractivity contribution in [3.8, 4) is 5.75 Å². The fourth-order valence-electron chi connectivity index (χ4n) is 1.41. The second-order valence-electron chi connectivity index (χ2n) is 5.55. The average molecular weight is 271 g/mol. The van der Waals surface area contributed by atoms with Crippen molar-refractivity contribution in [3.63, 3.8) is 0 Å². The third kappa shape index (κ3) is 4.22. The molecule has 0 bridgehead atoms. The normalized spacial score (nSPS) is 12.3. The lowest BCUT2D eigenvalue weighted by atomic mass is 9.97. The SMILES string of the molecule is COc1cc(S(C)(=O)=O)ccc1NCC(C)(C)C. The number of hydrogen-bond acceptors (Lipinski definition) is 4. The Hall–Kier alpha value is -1.23. The quantitative estimate of drug-likeness (QED) is 0.914. The van der Waals surface area contributed by atoms with E-state index in [1.165, 1.54) is 13.4 Å². The number of hydrogen-bond donors (Lipinski definition) is 1. The third-order valence-electron chi connectivity index (χ3n) is 2.41. The van der Waals surface area contributed by atoms with Crippen LogP contribution in [-0.4, -0.2) is 28.3 Å². The number of anilines is 1. The zero-order valence-corrected chi connectivity index (χ0v) is 12.4. The fraction of sp³-hybridized carbons (Fsp3) is 0.538. The molecule has 0 aliphatic carbocycles. The molecular formula is C13H21NO3S. The van der Waals surface area contributed by atoms with E-state index in [-0.39, 0.29) is 10.3 Å². The van der Waals surface area contributed by atoms with Crippen LogP contribution in [0.5, 0.6) is 5.75 Å². The highest BCUT2D eigenvalue weighted by Crippen LogP contribution is 2.28. The van der Waals surface area contributed by atoms with E-state index < -0.39 is 9.84 Å². The average Bonchev–Trinajstić information content (AvgIpc) is 2.23. The molecule has 0 aromatic heterocycles. The first-order valence-electron chi connectivity index (χ1n) is 5.75. The molecule has 1 aromatic carbocycles. The molecule has 0 unspecified atom stereocenters. The summed E-state index contributed by atoms with van der Waals surface area (Å²) in [6.07, 6.45) is 1.18. The Kier molecular flexibility index (Phi) is 4.27. The molecule has 0 spiro atoms. The minimum Gasteiger partial charge on any atom is -0.495 e. The molecule has 0 fully saturated rings. The molecule has 1 aromatic rings. The van der Waals surface area contributed by atoms with Crippen molar-refractivity contribution >= 4 is 15.5 Å². The van der Waals surface area contributed by atoms with Crippen molar-refractivity contribution in [2.75, 3.05) is 25.2 Å². The number of rotatable bonds is 4. The number of nitrogens with one attached hydrogen (secondary N) is 1. The molecule has 0 aliphatic rings. The van der Waals surface area contributed by atoms with Crippen LogP contribution in [0.4, 0.5) is 5.69 Å². The molecular weight excluding hydrogens is 250 g/mol. The Balaban J connectivity index is 3.01. The van der Waals surface area contributed by atoms with Crippen LogP contribution in [0.3, 0.4) is 0 Å². The maximum absolute atomic E-state index is 11.5. The Bertz CT molecular complexity index is 516. The molecule has 0 amide bonds. The van der Waals surface area contributed by atoms with Gasteiger partial charge in [0.1, 0.15) is 5.75 Å². The summed E-state index contributed by atoms with van der Waals surface area (Å²) in [7, 11) is -1.67. The van der Waals surface area contributed by atoms with Gasteiger partial charge in [0.25, 0.3) is 0 Å². The molecule has 0 heterocycles. The molecule has 18 heavy (non-hydrogen) atoms. The van der Waals surface area contributed by atoms with E-state index in [4.69, 9.17) is 4.74 Å². The van der Waals surface area contributed by atoms with Gasteiger partial charge in [-0.05, 0) is 17.5 Å². The molecule has 0 radical (unpaired) electrons. The van der Waals surface area contributed by atoms with Crippen LogP contribution in [0.25, 0.3) is 0 Å². The number of sulfone groups is 1. The monoisotopic (exact) mass is 271 g/mol. The summed E-state index contributed by atoms with van der Waals surface area (Å²) in [4.78, 5) is 0.264. The van der Waals surface area contributed by atoms with Crippen LogP contribution >= 0.6 is 0 Å². The van der Waals surface area contributed by atoms with Gasteiger partial charge in [0.2, 0.25) is 0 Å². The van der Waals surface area contributed by atoms with Crippen molar-refractivity contribution in [1.29, 1.82) is 0 Å². The first-order chi connectivity index (χ1) is 8.13. The van der Waals surface area contributed by atoms with Gasteiger partial charge in [0, 0.05) is 18.9 Å². The molecule has 0 saturated heterocycles.